The van der Waals surface area contributed by atoms with Crippen LogP contribution in [0.1, 0.15) is 67.7 Å². The molecule has 0 radical (unpaired) electrons. The standard InChI is InChI=1S/C16H34N2O2/c1-8-9-10-13(4)18-14(12(2)3)11-17-15(19)20-16(5,6)7/h12-14,18H,8-11H2,1-7H3,(H,17,19). The Morgan fingerprint density at radius 3 is 2.25 bits per heavy atom. The Labute approximate surface area is 125 Å². The van der Waals surface area contributed by atoms with Crippen molar-refractivity contribution < 1.29 is 9.53 Å². The first-order valence-corrected chi connectivity index (χ1v) is 7.88. The smallest absolute Gasteiger partial charge is 0.407 e. The lowest BCUT2D eigenvalue weighted by atomic mass is 10.0. The highest BCUT2D eigenvalue weighted by molar-refractivity contribution is 5.67. The van der Waals surface area contributed by atoms with Crippen molar-refractivity contribution in [1.82, 2.24) is 10.6 Å². The molecule has 0 aromatic heterocycles. The number of carbonyl (C=O) groups is 1. The molecule has 0 aromatic carbocycles. The number of nitrogens with one attached hydrogen (secondary N) is 2. The van der Waals surface area contributed by atoms with Crippen LogP contribution in [-0.2, 0) is 4.74 Å². The van der Waals surface area contributed by atoms with Crippen molar-refractivity contribution >= 4 is 6.09 Å². The molecule has 0 fully saturated rings. The molecule has 2 atom stereocenters. The van der Waals surface area contributed by atoms with E-state index >= 15 is 0 Å². The molecule has 2 unspecified atom stereocenters. The van der Waals surface area contributed by atoms with Gasteiger partial charge < -0.3 is 15.4 Å². The Kier molecular flexibility index (Phi) is 8.86. The summed E-state index contributed by atoms with van der Waals surface area (Å²) in [6, 6.07) is 0.747. The maximum absolute atomic E-state index is 11.7. The van der Waals surface area contributed by atoms with Gasteiger partial charge in [-0.15, -0.1) is 0 Å². The van der Waals surface area contributed by atoms with Crippen LogP contribution in [-0.4, -0.2) is 30.3 Å². The van der Waals surface area contributed by atoms with E-state index in [0.29, 0.717) is 18.5 Å². The van der Waals surface area contributed by atoms with Gasteiger partial charge in [0, 0.05) is 18.6 Å². The van der Waals surface area contributed by atoms with Crippen molar-refractivity contribution in [3.63, 3.8) is 0 Å². The normalized spacial score (nSPS) is 15.0. The van der Waals surface area contributed by atoms with Crippen LogP contribution in [0.5, 0.6) is 0 Å². The number of ether oxygens (including phenoxy) is 1. The minimum absolute atomic E-state index is 0.273. The minimum Gasteiger partial charge on any atom is -0.444 e. The predicted molar refractivity (Wildman–Crippen MR) is 85.0 cm³/mol. The Bertz CT molecular complexity index is 272. The molecule has 120 valence electrons. The van der Waals surface area contributed by atoms with Crippen LogP contribution in [0.4, 0.5) is 4.79 Å². The van der Waals surface area contributed by atoms with Crippen LogP contribution in [0.15, 0.2) is 0 Å². The van der Waals surface area contributed by atoms with E-state index in [1.165, 1.54) is 19.3 Å². The zero-order chi connectivity index (χ0) is 15.8. The summed E-state index contributed by atoms with van der Waals surface area (Å²) in [4.78, 5) is 11.7. The van der Waals surface area contributed by atoms with Gasteiger partial charge in [-0.25, -0.2) is 4.79 Å². The van der Waals surface area contributed by atoms with Crippen molar-refractivity contribution in [2.24, 2.45) is 5.92 Å². The molecule has 0 aliphatic carbocycles. The van der Waals surface area contributed by atoms with E-state index in [4.69, 9.17) is 4.74 Å². The summed E-state index contributed by atoms with van der Waals surface area (Å²) >= 11 is 0. The lowest BCUT2D eigenvalue weighted by Crippen LogP contribution is -2.48. The second kappa shape index (κ2) is 9.22. The van der Waals surface area contributed by atoms with E-state index in [9.17, 15) is 4.79 Å². The molecule has 0 bridgehead atoms. The molecule has 0 aliphatic rings. The third-order valence-electron chi connectivity index (χ3n) is 3.16. The number of carbonyl (C=O) groups excluding carboxylic acids is 1. The molecule has 4 nitrogen and oxygen atoms in total. The number of rotatable bonds is 8. The number of amides is 1. The summed E-state index contributed by atoms with van der Waals surface area (Å²) in [5, 5.41) is 6.46. The summed E-state index contributed by atoms with van der Waals surface area (Å²) in [6.45, 7) is 15.0. The summed E-state index contributed by atoms with van der Waals surface area (Å²) < 4.78 is 5.26. The maximum Gasteiger partial charge on any atom is 0.407 e. The largest absolute Gasteiger partial charge is 0.444 e. The van der Waals surface area contributed by atoms with Gasteiger partial charge in [0.25, 0.3) is 0 Å². The van der Waals surface area contributed by atoms with Gasteiger partial charge in [0.05, 0.1) is 0 Å². The predicted octanol–water partition coefficient (Wildman–Crippen LogP) is 3.70. The SMILES string of the molecule is CCCCC(C)NC(CNC(=O)OC(C)(C)C)C(C)C. The molecule has 0 rings (SSSR count). The first kappa shape index (κ1) is 19.2. The number of unbranched alkanes of at least 4 members (excludes halogenated alkanes) is 1. The topological polar surface area (TPSA) is 50.4 Å². The van der Waals surface area contributed by atoms with Gasteiger partial charge in [0.1, 0.15) is 5.60 Å². The van der Waals surface area contributed by atoms with Crippen LogP contribution in [0.3, 0.4) is 0 Å². The highest BCUT2D eigenvalue weighted by atomic mass is 16.6. The molecule has 2 N–H and O–H groups in total. The average molecular weight is 286 g/mol. The Morgan fingerprint density at radius 1 is 1.20 bits per heavy atom. The second-order valence-electron chi connectivity index (χ2n) is 6.94. The maximum atomic E-state index is 11.7. The average Bonchev–Trinajstić information content (AvgIpc) is 2.29. The van der Waals surface area contributed by atoms with E-state index < -0.39 is 5.60 Å². The zero-order valence-electron chi connectivity index (χ0n) is 14.4. The lowest BCUT2D eigenvalue weighted by Gasteiger charge is -2.27. The number of hydrogen-bond donors (Lipinski definition) is 2. The highest BCUT2D eigenvalue weighted by Crippen LogP contribution is 2.08. The quantitative estimate of drug-likeness (QED) is 0.715. The molecule has 0 heterocycles. The Balaban J connectivity index is 4.18. The summed E-state index contributed by atoms with van der Waals surface area (Å²) in [5.41, 5.74) is -0.445. The third kappa shape index (κ3) is 10.1. The number of hydrogen-bond acceptors (Lipinski definition) is 3. The van der Waals surface area contributed by atoms with Crippen molar-refractivity contribution in [3.8, 4) is 0 Å². The molecule has 1 amide bonds. The van der Waals surface area contributed by atoms with Gasteiger partial charge in [-0.1, -0.05) is 33.6 Å². The van der Waals surface area contributed by atoms with Gasteiger partial charge in [0.2, 0.25) is 0 Å². The summed E-state index contributed by atoms with van der Waals surface area (Å²) in [7, 11) is 0. The van der Waals surface area contributed by atoms with Crippen LogP contribution < -0.4 is 10.6 Å². The molecule has 0 aromatic rings. The fraction of sp³-hybridized carbons (Fsp3) is 0.938. The first-order valence-electron chi connectivity index (χ1n) is 7.88. The van der Waals surface area contributed by atoms with Crippen LogP contribution in [0, 0.1) is 5.92 Å². The molecular formula is C16H34N2O2. The molecule has 4 heteroatoms. The van der Waals surface area contributed by atoms with Crippen molar-refractivity contribution in [1.29, 1.82) is 0 Å². The number of alkyl carbamates (subject to hydrolysis) is 1. The van der Waals surface area contributed by atoms with E-state index in [-0.39, 0.29) is 12.1 Å². The van der Waals surface area contributed by atoms with E-state index in [1.807, 2.05) is 20.8 Å². The fourth-order valence-electron chi connectivity index (χ4n) is 1.95. The first-order chi connectivity index (χ1) is 9.15. The van der Waals surface area contributed by atoms with Gasteiger partial charge >= 0.3 is 6.09 Å². The van der Waals surface area contributed by atoms with E-state index in [0.717, 1.165) is 0 Å². The van der Waals surface area contributed by atoms with Gasteiger partial charge in [-0.3, -0.25) is 0 Å². The van der Waals surface area contributed by atoms with Crippen molar-refractivity contribution in [2.45, 2.75) is 85.4 Å². The molecule has 20 heavy (non-hydrogen) atoms. The van der Waals surface area contributed by atoms with Gasteiger partial charge in [0.15, 0.2) is 0 Å². The zero-order valence-corrected chi connectivity index (χ0v) is 14.4. The van der Waals surface area contributed by atoms with E-state index in [2.05, 4.69) is 38.3 Å². The van der Waals surface area contributed by atoms with Gasteiger partial charge in [-0.05, 0) is 40.0 Å². The molecular weight excluding hydrogens is 252 g/mol. The summed E-state index contributed by atoms with van der Waals surface area (Å²) in [5.74, 6) is 0.467. The molecule has 0 spiro atoms. The second-order valence-corrected chi connectivity index (χ2v) is 6.94. The minimum atomic E-state index is -0.445. The molecule has 0 aliphatic heterocycles. The Morgan fingerprint density at radius 2 is 1.80 bits per heavy atom. The van der Waals surface area contributed by atoms with E-state index in [1.54, 1.807) is 0 Å². The monoisotopic (exact) mass is 286 g/mol. The van der Waals surface area contributed by atoms with Crippen molar-refractivity contribution in [2.75, 3.05) is 6.54 Å². The van der Waals surface area contributed by atoms with Crippen LogP contribution in [0.25, 0.3) is 0 Å². The lowest BCUT2D eigenvalue weighted by molar-refractivity contribution is 0.0518. The summed E-state index contributed by atoms with van der Waals surface area (Å²) in [6.07, 6.45) is 3.28. The van der Waals surface area contributed by atoms with Crippen LogP contribution in [0.2, 0.25) is 0 Å². The van der Waals surface area contributed by atoms with Gasteiger partial charge in [-0.2, -0.15) is 0 Å². The fourth-order valence-corrected chi connectivity index (χ4v) is 1.95. The van der Waals surface area contributed by atoms with Crippen LogP contribution >= 0.6 is 0 Å². The molecule has 0 saturated heterocycles. The third-order valence-corrected chi connectivity index (χ3v) is 3.16. The highest BCUT2D eigenvalue weighted by Gasteiger charge is 2.19. The van der Waals surface area contributed by atoms with Crippen molar-refractivity contribution in [3.05, 3.63) is 0 Å². The Hall–Kier alpha value is -0.770. The molecule has 0 saturated carbocycles.